The van der Waals surface area contributed by atoms with Gasteiger partial charge < -0.3 is 15.7 Å². The zero-order valence-electron chi connectivity index (χ0n) is 11.4. The molecule has 0 aromatic heterocycles. The van der Waals surface area contributed by atoms with Crippen LogP contribution in [0.5, 0.6) is 0 Å². The summed E-state index contributed by atoms with van der Waals surface area (Å²) in [6.45, 7) is 8.86. The monoisotopic (exact) mass is 242 g/mol. The predicted molar refractivity (Wildman–Crippen MR) is 68.7 cm³/mol. The number of carbonyl (C=O) groups is 1. The smallest absolute Gasteiger partial charge is 0.221 e. The molecule has 3 N–H and O–H groups in total. The van der Waals surface area contributed by atoms with Crippen LogP contribution >= 0.6 is 0 Å². The van der Waals surface area contributed by atoms with Crippen LogP contribution in [0.3, 0.4) is 0 Å². The van der Waals surface area contributed by atoms with Gasteiger partial charge in [0.25, 0.3) is 0 Å². The second-order valence-electron chi connectivity index (χ2n) is 5.71. The molecule has 3 unspecified atom stereocenters. The Morgan fingerprint density at radius 2 is 2.18 bits per heavy atom. The van der Waals surface area contributed by atoms with Gasteiger partial charge in [0.15, 0.2) is 0 Å². The van der Waals surface area contributed by atoms with Crippen molar-refractivity contribution in [3.8, 4) is 0 Å². The molecule has 0 bridgehead atoms. The maximum atomic E-state index is 11.5. The number of aliphatic hydroxyl groups excluding tert-OH is 1. The van der Waals surface area contributed by atoms with Gasteiger partial charge in [0.1, 0.15) is 0 Å². The molecule has 3 atom stereocenters. The van der Waals surface area contributed by atoms with Gasteiger partial charge in [0.2, 0.25) is 5.91 Å². The van der Waals surface area contributed by atoms with Gasteiger partial charge in [-0.2, -0.15) is 0 Å². The van der Waals surface area contributed by atoms with Gasteiger partial charge in [-0.05, 0) is 19.8 Å². The van der Waals surface area contributed by atoms with Gasteiger partial charge in [-0.1, -0.05) is 20.8 Å². The highest BCUT2D eigenvalue weighted by Crippen LogP contribution is 2.40. The van der Waals surface area contributed by atoms with Gasteiger partial charge in [-0.15, -0.1) is 0 Å². The van der Waals surface area contributed by atoms with Gasteiger partial charge in [0.05, 0.1) is 6.10 Å². The fourth-order valence-electron chi connectivity index (χ4n) is 2.06. The van der Waals surface area contributed by atoms with Crippen molar-refractivity contribution < 1.29 is 9.90 Å². The highest BCUT2D eigenvalue weighted by Gasteiger charge is 2.46. The molecule has 0 aromatic rings. The molecule has 1 aliphatic carbocycles. The second-order valence-corrected chi connectivity index (χ2v) is 5.71. The first-order valence-electron chi connectivity index (χ1n) is 6.58. The van der Waals surface area contributed by atoms with E-state index in [9.17, 15) is 9.90 Å². The molecule has 4 nitrogen and oxygen atoms in total. The molecule has 1 fully saturated rings. The Morgan fingerprint density at radius 3 is 2.65 bits per heavy atom. The first-order chi connectivity index (χ1) is 7.87. The molecule has 0 radical (unpaired) electrons. The molecule has 0 saturated heterocycles. The van der Waals surface area contributed by atoms with Crippen LogP contribution in [0.1, 0.15) is 47.0 Å². The third-order valence-corrected chi connectivity index (χ3v) is 3.98. The largest absolute Gasteiger partial charge is 0.392 e. The van der Waals surface area contributed by atoms with Crippen molar-refractivity contribution >= 4 is 5.91 Å². The van der Waals surface area contributed by atoms with Gasteiger partial charge in [-0.25, -0.2) is 0 Å². The summed E-state index contributed by atoms with van der Waals surface area (Å²) < 4.78 is 0. The van der Waals surface area contributed by atoms with E-state index in [0.29, 0.717) is 19.0 Å². The third-order valence-electron chi connectivity index (χ3n) is 3.98. The summed E-state index contributed by atoms with van der Waals surface area (Å²) in [6, 6.07) is 0.582. The second kappa shape index (κ2) is 5.83. The average molecular weight is 242 g/mol. The average Bonchev–Trinajstić information content (AvgIpc) is 2.27. The fraction of sp³-hybridized carbons (Fsp3) is 0.923. The van der Waals surface area contributed by atoms with Gasteiger partial charge in [-0.3, -0.25) is 4.79 Å². The van der Waals surface area contributed by atoms with E-state index in [1.165, 1.54) is 0 Å². The van der Waals surface area contributed by atoms with E-state index < -0.39 is 0 Å². The minimum atomic E-state index is -0.214. The van der Waals surface area contributed by atoms with Crippen LogP contribution < -0.4 is 10.6 Å². The Morgan fingerprint density at radius 1 is 1.53 bits per heavy atom. The molecule has 0 aromatic carbocycles. The molecular formula is C13H26N2O2. The van der Waals surface area contributed by atoms with E-state index in [1.807, 2.05) is 6.92 Å². The minimum Gasteiger partial charge on any atom is -0.392 e. The van der Waals surface area contributed by atoms with Crippen LogP contribution in [0.15, 0.2) is 0 Å². The summed E-state index contributed by atoms with van der Waals surface area (Å²) in [5, 5.41) is 15.9. The van der Waals surface area contributed by atoms with Crippen molar-refractivity contribution in [1.82, 2.24) is 10.6 Å². The zero-order chi connectivity index (χ0) is 13.1. The van der Waals surface area contributed by atoms with E-state index in [0.717, 1.165) is 12.8 Å². The summed E-state index contributed by atoms with van der Waals surface area (Å²) in [5.74, 6) is 0.101. The maximum absolute atomic E-state index is 11.5. The molecule has 1 saturated carbocycles. The van der Waals surface area contributed by atoms with Crippen LogP contribution in [0.4, 0.5) is 0 Å². The molecular weight excluding hydrogens is 216 g/mol. The molecule has 1 amide bonds. The first kappa shape index (κ1) is 14.5. The van der Waals surface area contributed by atoms with Crippen molar-refractivity contribution in [2.75, 3.05) is 6.54 Å². The predicted octanol–water partition coefficient (Wildman–Crippen LogP) is 1.04. The summed E-state index contributed by atoms with van der Waals surface area (Å²) in [4.78, 5) is 11.5. The number of hydrogen-bond acceptors (Lipinski definition) is 3. The van der Waals surface area contributed by atoms with Crippen LogP contribution in [0.25, 0.3) is 0 Å². The number of hydrogen-bond donors (Lipinski definition) is 3. The fourth-order valence-corrected chi connectivity index (χ4v) is 2.06. The Labute approximate surface area is 104 Å². The molecule has 17 heavy (non-hydrogen) atoms. The molecule has 0 aliphatic heterocycles. The van der Waals surface area contributed by atoms with E-state index in [2.05, 4.69) is 31.4 Å². The maximum Gasteiger partial charge on any atom is 0.221 e. The standard InChI is InChI=1S/C13H26N2O2/c1-5-9(2)15-12(17)6-7-14-10-8-11(16)13(10,3)4/h9-11,14,16H,5-8H2,1-4H3,(H,15,17). The van der Waals surface area contributed by atoms with Crippen molar-refractivity contribution in [3.05, 3.63) is 0 Å². The van der Waals surface area contributed by atoms with Gasteiger partial charge >= 0.3 is 0 Å². The lowest BCUT2D eigenvalue weighted by atomic mass is 9.64. The topological polar surface area (TPSA) is 61.4 Å². The number of carbonyl (C=O) groups excluding carboxylic acids is 1. The quantitative estimate of drug-likeness (QED) is 0.652. The van der Waals surface area contributed by atoms with Crippen molar-refractivity contribution in [2.45, 2.75) is 65.1 Å². The highest BCUT2D eigenvalue weighted by molar-refractivity contribution is 5.76. The Balaban J connectivity index is 2.15. The van der Waals surface area contributed by atoms with Crippen molar-refractivity contribution in [3.63, 3.8) is 0 Å². The summed E-state index contributed by atoms with van der Waals surface area (Å²) in [5.41, 5.74) is -0.0623. The molecule has 1 rings (SSSR count). The normalized spacial score (nSPS) is 28.3. The van der Waals surface area contributed by atoms with E-state index in [-0.39, 0.29) is 23.5 Å². The molecule has 0 heterocycles. The van der Waals surface area contributed by atoms with E-state index in [4.69, 9.17) is 0 Å². The van der Waals surface area contributed by atoms with Crippen molar-refractivity contribution in [2.24, 2.45) is 5.41 Å². The Kier molecular flexibility index (Phi) is 4.95. The summed E-state index contributed by atoms with van der Waals surface area (Å²) in [6.07, 6.45) is 2.04. The van der Waals surface area contributed by atoms with Gasteiger partial charge in [0, 0.05) is 30.5 Å². The molecule has 100 valence electrons. The lowest BCUT2D eigenvalue weighted by molar-refractivity contribution is -0.121. The summed E-state index contributed by atoms with van der Waals surface area (Å²) in [7, 11) is 0. The number of rotatable bonds is 6. The number of nitrogens with one attached hydrogen (secondary N) is 2. The molecule has 0 spiro atoms. The minimum absolute atomic E-state index is 0.0623. The van der Waals surface area contributed by atoms with Crippen LogP contribution in [0, 0.1) is 5.41 Å². The number of aliphatic hydroxyl groups is 1. The molecule has 1 aliphatic rings. The Hall–Kier alpha value is -0.610. The lowest BCUT2D eigenvalue weighted by Crippen LogP contribution is -2.60. The van der Waals surface area contributed by atoms with Crippen LogP contribution in [-0.4, -0.2) is 35.7 Å². The van der Waals surface area contributed by atoms with E-state index >= 15 is 0 Å². The highest BCUT2D eigenvalue weighted by atomic mass is 16.3. The van der Waals surface area contributed by atoms with Crippen LogP contribution in [0.2, 0.25) is 0 Å². The third kappa shape index (κ3) is 3.68. The number of amides is 1. The SMILES string of the molecule is CCC(C)NC(=O)CCNC1CC(O)C1(C)C. The lowest BCUT2D eigenvalue weighted by Gasteiger charge is -2.49. The van der Waals surface area contributed by atoms with Crippen molar-refractivity contribution in [1.29, 1.82) is 0 Å². The van der Waals surface area contributed by atoms with Crippen LogP contribution in [-0.2, 0) is 4.79 Å². The zero-order valence-corrected chi connectivity index (χ0v) is 11.4. The first-order valence-corrected chi connectivity index (χ1v) is 6.58. The summed E-state index contributed by atoms with van der Waals surface area (Å²) >= 11 is 0. The molecule has 4 heteroatoms. The van der Waals surface area contributed by atoms with E-state index in [1.54, 1.807) is 0 Å². The Bertz CT molecular complexity index is 266.